The fourth-order valence-electron chi connectivity index (χ4n) is 2.81. The molecule has 0 spiro atoms. The van der Waals surface area contributed by atoms with Crippen LogP contribution < -0.4 is 11.1 Å². The Balaban J connectivity index is 1.94. The van der Waals surface area contributed by atoms with Gasteiger partial charge in [-0.3, -0.25) is 9.59 Å². The Hall–Kier alpha value is -2.04. The summed E-state index contributed by atoms with van der Waals surface area (Å²) >= 11 is 0. The second-order valence-corrected chi connectivity index (χ2v) is 5.70. The average Bonchev–Trinajstić information content (AvgIpc) is 2.46. The molecule has 1 aromatic rings. The average molecular weight is 289 g/mol. The second kappa shape index (κ2) is 6.61. The molecule has 1 fully saturated rings. The van der Waals surface area contributed by atoms with Gasteiger partial charge in [0.05, 0.1) is 12.5 Å². The zero-order valence-corrected chi connectivity index (χ0v) is 12.7. The van der Waals surface area contributed by atoms with Gasteiger partial charge in [0.1, 0.15) is 0 Å². The molecular weight excluding hydrogens is 266 g/mol. The van der Waals surface area contributed by atoms with Crippen LogP contribution in [0.15, 0.2) is 18.2 Å². The first-order valence-corrected chi connectivity index (χ1v) is 7.36. The molecular formula is C16H23N3O2. The molecule has 3 N–H and O–H groups in total. The van der Waals surface area contributed by atoms with E-state index >= 15 is 0 Å². The van der Waals surface area contributed by atoms with Crippen molar-refractivity contribution in [2.75, 3.05) is 25.0 Å². The van der Waals surface area contributed by atoms with Gasteiger partial charge in [-0.2, -0.15) is 0 Å². The molecule has 1 aliphatic heterocycles. The van der Waals surface area contributed by atoms with E-state index < -0.39 is 0 Å². The standard InChI is InChI=1S/C16H23N3O2/c1-11-5-3-6-12(2)15(11)18-9-14(20)19-8-4-7-13(10-19)16(17)21/h3,5-6,13,18H,4,7-10H2,1-2H3,(H2,17,21). The number of anilines is 1. The SMILES string of the molecule is Cc1cccc(C)c1NCC(=O)N1CCCC(C(N)=O)C1. The fraction of sp³-hybridized carbons (Fsp3) is 0.500. The Labute approximate surface area is 125 Å². The van der Waals surface area contributed by atoms with Crippen molar-refractivity contribution in [2.45, 2.75) is 26.7 Å². The van der Waals surface area contributed by atoms with Crippen molar-refractivity contribution in [1.29, 1.82) is 0 Å². The van der Waals surface area contributed by atoms with Gasteiger partial charge in [-0.25, -0.2) is 0 Å². The maximum atomic E-state index is 12.3. The van der Waals surface area contributed by atoms with Crippen molar-refractivity contribution in [3.05, 3.63) is 29.3 Å². The summed E-state index contributed by atoms with van der Waals surface area (Å²) in [5, 5.41) is 3.21. The van der Waals surface area contributed by atoms with E-state index in [4.69, 9.17) is 5.73 Å². The number of primary amides is 1. The summed E-state index contributed by atoms with van der Waals surface area (Å²) in [6.45, 7) is 5.43. The third-order valence-corrected chi connectivity index (χ3v) is 4.07. The van der Waals surface area contributed by atoms with E-state index in [1.54, 1.807) is 4.90 Å². The molecule has 0 bridgehead atoms. The Kier molecular flexibility index (Phi) is 4.83. The van der Waals surface area contributed by atoms with Crippen LogP contribution in [0.2, 0.25) is 0 Å². The first-order chi connectivity index (χ1) is 9.99. The lowest BCUT2D eigenvalue weighted by atomic mass is 9.97. The summed E-state index contributed by atoms with van der Waals surface area (Å²) < 4.78 is 0. The van der Waals surface area contributed by atoms with E-state index in [2.05, 4.69) is 5.32 Å². The third kappa shape index (κ3) is 3.74. The Morgan fingerprint density at radius 1 is 1.33 bits per heavy atom. The van der Waals surface area contributed by atoms with Gasteiger partial charge in [0, 0.05) is 18.8 Å². The number of nitrogens with two attached hydrogens (primary N) is 1. The molecule has 2 amide bonds. The summed E-state index contributed by atoms with van der Waals surface area (Å²) in [5.74, 6) is -0.498. The predicted molar refractivity (Wildman–Crippen MR) is 82.9 cm³/mol. The van der Waals surface area contributed by atoms with E-state index in [0.717, 1.165) is 29.7 Å². The highest BCUT2D eigenvalue weighted by molar-refractivity contribution is 5.83. The second-order valence-electron chi connectivity index (χ2n) is 5.70. The summed E-state index contributed by atoms with van der Waals surface area (Å²) in [7, 11) is 0. The van der Waals surface area contributed by atoms with Crippen LogP contribution in [0.1, 0.15) is 24.0 Å². The largest absolute Gasteiger partial charge is 0.376 e. The van der Waals surface area contributed by atoms with Crippen LogP contribution in [-0.4, -0.2) is 36.3 Å². The molecule has 2 rings (SSSR count). The van der Waals surface area contributed by atoms with Crippen LogP contribution >= 0.6 is 0 Å². The number of piperidine rings is 1. The number of nitrogens with one attached hydrogen (secondary N) is 1. The number of carbonyl (C=O) groups is 2. The van der Waals surface area contributed by atoms with E-state index in [1.807, 2.05) is 32.0 Å². The maximum absolute atomic E-state index is 12.3. The molecule has 0 radical (unpaired) electrons. The molecule has 5 nitrogen and oxygen atoms in total. The van der Waals surface area contributed by atoms with Crippen molar-refractivity contribution in [1.82, 2.24) is 4.90 Å². The third-order valence-electron chi connectivity index (χ3n) is 4.07. The summed E-state index contributed by atoms with van der Waals surface area (Å²) in [6.07, 6.45) is 1.62. The molecule has 1 saturated heterocycles. The summed E-state index contributed by atoms with van der Waals surface area (Å²) in [5.41, 5.74) is 8.59. The first kappa shape index (κ1) is 15.4. The molecule has 21 heavy (non-hydrogen) atoms. The van der Waals surface area contributed by atoms with E-state index in [9.17, 15) is 9.59 Å². The van der Waals surface area contributed by atoms with Crippen LogP contribution in [0.5, 0.6) is 0 Å². The molecule has 1 heterocycles. The van der Waals surface area contributed by atoms with E-state index in [0.29, 0.717) is 13.1 Å². The highest BCUT2D eigenvalue weighted by Gasteiger charge is 2.26. The van der Waals surface area contributed by atoms with Crippen molar-refractivity contribution >= 4 is 17.5 Å². The van der Waals surface area contributed by atoms with Crippen LogP contribution in [-0.2, 0) is 9.59 Å². The number of hydrogen-bond acceptors (Lipinski definition) is 3. The predicted octanol–water partition coefficient (Wildman–Crippen LogP) is 1.44. The molecule has 0 aliphatic carbocycles. The number of amides is 2. The number of likely N-dealkylation sites (tertiary alicyclic amines) is 1. The smallest absolute Gasteiger partial charge is 0.241 e. The molecule has 1 unspecified atom stereocenters. The minimum absolute atomic E-state index is 0.0172. The normalized spacial score (nSPS) is 18.4. The van der Waals surface area contributed by atoms with Crippen molar-refractivity contribution < 1.29 is 9.59 Å². The van der Waals surface area contributed by atoms with Gasteiger partial charge in [-0.15, -0.1) is 0 Å². The number of rotatable bonds is 4. The van der Waals surface area contributed by atoms with E-state index in [-0.39, 0.29) is 24.3 Å². The number of para-hydroxylation sites is 1. The molecule has 0 aromatic heterocycles. The van der Waals surface area contributed by atoms with Gasteiger partial charge in [0.15, 0.2) is 0 Å². The van der Waals surface area contributed by atoms with Crippen molar-refractivity contribution in [3.63, 3.8) is 0 Å². The first-order valence-electron chi connectivity index (χ1n) is 7.36. The topological polar surface area (TPSA) is 75.4 Å². The minimum Gasteiger partial charge on any atom is -0.376 e. The van der Waals surface area contributed by atoms with Crippen LogP contribution in [0.3, 0.4) is 0 Å². The number of nitrogens with zero attached hydrogens (tertiary/aromatic N) is 1. The Morgan fingerprint density at radius 3 is 2.62 bits per heavy atom. The van der Waals surface area contributed by atoms with Crippen LogP contribution in [0, 0.1) is 19.8 Å². The highest BCUT2D eigenvalue weighted by Crippen LogP contribution is 2.20. The van der Waals surface area contributed by atoms with E-state index in [1.165, 1.54) is 0 Å². The monoisotopic (exact) mass is 289 g/mol. The van der Waals surface area contributed by atoms with Gasteiger partial charge in [-0.05, 0) is 37.8 Å². The highest BCUT2D eigenvalue weighted by atomic mass is 16.2. The van der Waals surface area contributed by atoms with Crippen molar-refractivity contribution in [3.8, 4) is 0 Å². The van der Waals surface area contributed by atoms with Crippen LogP contribution in [0.4, 0.5) is 5.69 Å². The van der Waals surface area contributed by atoms with Crippen molar-refractivity contribution in [2.24, 2.45) is 11.7 Å². The quantitative estimate of drug-likeness (QED) is 0.880. The van der Waals surface area contributed by atoms with Gasteiger partial charge in [-0.1, -0.05) is 18.2 Å². The minimum atomic E-state index is -0.310. The van der Waals surface area contributed by atoms with Gasteiger partial charge < -0.3 is 16.0 Å². The lowest BCUT2D eigenvalue weighted by molar-refractivity contribution is -0.133. The molecule has 0 saturated carbocycles. The Morgan fingerprint density at radius 2 is 2.00 bits per heavy atom. The molecule has 1 aromatic carbocycles. The molecule has 1 atom stereocenters. The zero-order valence-electron chi connectivity index (χ0n) is 12.7. The van der Waals surface area contributed by atoms with Gasteiger partial charge in [0.25, 0.3) is 0 Å². The summed E-state index contributed by atoms with van der Waals surface area (Å²) in [4.78, 5) is 25.3. The van der Waals surface area contributed by atoms with Gasteiger partial charge in [0.2, 0.25) is 11.8 Å². The molecule has 5 heteroatoms. The van der Waals surface area contributed by atoms with Gasteiger partial charge >= 0.3 is 0 Å². The van der Waals surface area contributed by atoms with Crippen LogP contribution in [0.25, 0.3) is 0 Å². The maximum Gasteiger partial charge on any atom is 0.241 e. The zero-order chi connectivity index (χ0) is 15.4. The summed E-state index contributed by atoms with van der Waals surface area (Å²) in [6, 6.07) is 6.04. The molecule has 1 aliphatic rings. The number of hydrogen-bond donors (Lipinski definition) is 2. The lowest BCUT2D eigenvalue weighted by Crippen LogP contribution is -2.46. The lowest BCUT2D eigenvalue weighted by Gasteiger charge is -2.31. The number of carbonyl (C=O) groups excluding carboxylic acids is 2. The molecule has 114 valence electrons. The Bertz CT molecular complexity index is 522. The fourth-order valence-corrected chi connectivity index (χ4v) is 2.81. The number of aryl methyl sites for hydroxylation is 2. The number of benzene rings is 1.